The Bertz CT molecular complexity index is 1040. The minimum atomic E-state index is 0.224. The van der Waals surface area contributed by atoms with Crippen molar-refractivity contribution in [1.82, 2.24) is 19.9 Å². The van der Waals surface area contributed by atoms with Gasteiger partial charge in [0.2, 0.25) is 5.91 Å². The number of piperidine rings is 1. The maximum absolute atomic E-state index is 12.8. The summed E-state index contributed by atoms with van der Waals surface area (Å²) in [6, 6.07) is 16.2. The van der Waals surface area contributed by atoms with Crippen molar-refractivity contribution in [2.24, 2.45) is 0 Å². The number of aromatic nitrogens is 3. The predicted molar refractivity (Wildman–Crippen MR) is 122 cm³/mol. The number of benzene rings is 1. The van der Waals surface area contributed by atoms with Crippen LogP contribution in [0.3, 0.4) is 0 Å². The molecule has 1 unspecified atom stereocenters. The number of rotatable bonds is 6. The number of pyridine rings is 1. The SMILES string of the molecule is Cc1ccnc(Nc2cc(C3CCCN(C(=O)CCc4ccccc4)C3)nc(C)n2)c1. The van der Waals surface area contributed by atoms with Crippen LogP contribution >= 0.6 is 0 Å². The van der Waals surface area contributed by atoms with Gasteiger partial charge in [-0.2, -0.15) is 0 Å². The Hall–Kier alpha value is -3.28. The summed E-state index contributed by atoms with van der Waals surface area (Å²) in [6.45, 7) is 5.48. The lowest BCUT2D eigenvalue weighted by Crippen LogP contribution is -2.39. The summed E-state index contributed by atoms with van der Waals surface area (Å²) in [7, 11) is 0. The molecule has 6 nitrogen and oxygen atoms in total. The van der Waals surface area contributed by atoms with Crippen molar-refractivity contribution < 1.29 is 4.79 Å². The number of amides is 1. The van der Waals surface area contributed by atoms with Gasteiger partial charge in [0.1, 0.15) is 17.5 Å². The van der Waals surface area contributed by atoms with Gasteiger partial charge in [0.05, 0.1) is 5.69 Å². The van der Waals surface area contributed by atoms with E-state index in [0.717, 1.165) is 54.5 Å². The minimum absolute atomic E-state index is 0.224. The molecular weight excluding hydrogens is 386 g/mol. The lowest BCUT2D eigenvalue weighted by molar-refractivity contribution is -0.132. The van der Waals surface area contributed by atoms with Gasteiger partial charge in [0.15, 0.2) is 0 Å². The number of nitrogens with one attached hydrogen (secondary N) is 1. The molecule has 1 amide bonds. The first-order valence-electron chi connectivity index (χ1n) is 10.9. The topological polar surface area (TPSA) is 71.0 Å². The van der Waals surface area contributed by atoms with Crippen molar-refractivity contribution >= 4 is 17.5 Å². The fraction of sp³-hybridized carbons (Fsp3) is 0.360. The van der Waals surface area contributed by atoms with Crippen molar-refractivity contribution in [3.8, 4) is 0 Å². The summed E-state index contributed by atoms with van der Waals surface area (Å²) in [4.78, 5) is 28.4. The number of hydrogen-bond acceptors (Lipinski definition) is 5. The van der Waals surface area contributed by atoms with Crippen LogP contribution in [0.15, 0.2) is 54.7 Å². The molecule has 3 aromatic rings. The largest absolute Gasteiger partial charge is 0.342 e. The van der Waals surface area contributed by atoms with E-state index in [2.05, 4.69) is 27.4 Å². The average molecular weight is 416 g/mol. The molecule has 1 atom stereocenters. The number of carbonyl (C=O) groups excluding carboxylic acids is 1. The molecule has 1 saturated heterocycles. The van der Waals surface area contributed by atoms with Crippen LogP contribution in [-0.2, 0) is 11.2 Å². The zero-order valence-corrected chi connectivity index (χ0v) is 18.2. The molecule has 0 bridgehead atoms. The highest BCUT2D eigenvalue weighted by molar-refractivity contribution is 5.76. The molecule has 1 N–H and O–H groups in total. The van der Waals surface area contributed by atoms with E-state index >= 15 is 0 Å². The van der Waals surface area contributed by atoms with E-state index in [9.17, 15) is 4.79 Å². The van der Waals surface area contributed by atoms with Crippen LogP contribution in [0, 0.1) is 13.8 Å². The molecular formula is C25H29N5O. The van der Waals surface area contributed by atoms with Crippen LogP contribution < -0.4 is 5.32 Å². The van der Waals surface area contributed by atoms with Crippen molar-refractivity contribution in [2.45, 2.75) is 45.4 Å². The normalized spacial score (nSPS) is 16.2. The van der Waals surface area contributed by atoms with Gasteiger partial charge in [-0.25, -0.2) is 15.0 Å². The van der Waals surface area contributed by atoms with E-state index < -0.39 is 0 Å². The van der Waals surface area contributed by atoms with Crippen molar-refractivity contribution in [3.63, 3.8) is 0 Å². The second-order valence-electron chi connectivity index (χ2n) is 8.23. The van der Waals surface area contributed by atoms with Gasteiger partial charge >= 0.3 is 0 Å². The Labute approximate surface area is 183 Å². The fourth-order valence-electron chi connectivity index (χ4n) is 4.10. The van der Waals surface area contributed by atoms with Crippen molar-refractivity contribution in [1.29, 1.82) is 0 Å². The molecule has 4 rings (SSSR count). The summed E-state index contributed by atoms with van der Waals surface area (Å²) in [5, 5.41) is 3.29. The van der Waals surface area contributed by atoms with Gasteiger partial charge in [0, 0.05) is 37.7 Å². The van der Waals surface area contributed by atoms with Crippen LogP contribution in [0.25, 0.3) is 0 Å². The van der Waals surface area contributed by atoms with E-state index in [1.54, 1.807) is 6.20 Å². The minimum Gasteiger partial charge on any atom is -0.342 e. The number of aryl methyl sites for hydroxylation is 3. The second-order valence-corrected chi connectivity index (χ2v) is 8.23. The van der Waals surface area contributed by atoms with E-state index in [0.29, 0.717) is 13.0 Å². The van der Waals surface area contributed by atoms with E-state index in [-0.39, 0.29) is 11.8 Å². The molecule has 1 aliphatic rings. The first-order valence-corrected chi connectivity index (χ1v) is 10.9. The lowest BCUT2D eigenvalue weighted by atomic mass is 9.94. The summed E-state index contributed by atoms with van der Waals surface area (Å²) >= 11 is 0. The van der Waals surface area contributed by atoms with Gasteiger partial charge in [-0.1, -0.05) is 30.3 Å². The number of carbonyl (C=O) groups is 1. The van der Waals surface area contributed by atoms with E-state index in [4.69, 9.17) is 4.98 Å². The Morgan fingerprint density at radius 2 is 1.94 bits per heavy atom. The van der Waals surface area contributed by atoms with Gasteiger partial charge in [-0.3, -0.25) is 4.79 Å². The molecule has 1 fully saturated rings. The van der Waals surface area contributed by atoms with Gasteiger partial charge in [0.25, 0.3) is 0 Å². The van der Waals surface area contributed by atoms with Crippen LogP contribution in [0.1, 0.15) is 47.8 Å². The number of anilines is 2. The average Bonchev–Trinajstić information content (AvgIpc) is 2.78. The Morgan fingerprint density at radius 1 is 1.10 bits per heavy atom. The summed E-state index contributed by atoms with van der Waals surface area (Å²) < 4.78 is 0. The third-order valence-corrected chi connectivity index (χ3v) is 5.69. The van der Waals surface area contributed by atoms with Crippen LogP contribution in [0.4, 0.5) is 11.6 Å². The number of nitrogens with zero attached hydrogens (tertiary/aromatic N) is 4. The summed E-state index contributed by atoms with van der Waals surface area (Å²) in [5.41, 5.74) is 3.33. The van der Waals surface area contributed by atoms with Crippen LogP contribution in [-0.4, -0.2) is 38.8 Å². The highest BCUT2D eigenvalue weighted by atomic mass is 16.2. The standard InChI is InChI=1S/C25H29N5O/c1-18-12-13-26-23(15-18)29-24-16-22(27-19(2)28-24)21-9-6-14-30(17-21)25(31)11-10-20-7-4-3-5-8-20/h3-5,7-8,12-13,15-16,21H,6,9-11,14,17H2,1-2H3,(H,26,27,28,29). The second kappa shape index (κ2) is 9.69. The molecule has 6 heteroatoms. The molecule has 1 aliphatic heterocycles. The molecule has 160 valence electrons. The maximum atomic E-state index is 12.8. The Kier molecular flexibility index (Phi) is 6.55. The zero-order valence-electron chi connectivity index (χ0n) is 18.2. The molecule has 0 saturated carbocycles. The molecule has 3 heterocycles. The monoisotopic (exact) mass is 415 g/mol. The first kappa shape index (κ1) is 21.0. The smallest absolute Gasteiger partial charge is 0.222 e. The Balaban J connectivity index is 1.42. The molecule has 0 aliphatic carbocycles. The molecule has 2 aromatic heterocycles. The van der Waals surface area contributed by atoms with Crippen molar-refractivity contribution in [3.05, 3.63) is 77.4 Å². The predicted octanol–water partition coefficient (Wildman–Crippen LogP) is 4.57. The van der Waals surface area contributed by atoms with Crippen molar-refractivity contribution in [2.75, 3.05) is 18.4 Å². The van der Waals surface area contributed by atoms with Gasteiger partial charge in [-0.15, -0.1) is 0 Å². The lowest BCUT2D eigenvalue weighted by Gasteiger charge is -2.33. The fourth-order valence-corrected chi connectivity index (χ4v) is 4.10. The van der Waals surface area contributed by atoms with E-state index in [1.165, 1.54) is 5.56 Å². The van der Waals surface area contributed by atoms with Crippen LogP contribution in [0.2, 0.25) is 0 Å². The molecule has 1 aromatic carbocycles. The number of hydrogen-bond donors (Lipinski definition) is 1. The summed E-state index contributed by atoms with van der Waals surface area (Å²) in [5.74, 6) is 2.68. The number of likely N-dealkylation sites (tertiary alicyclic amines) is 1. The van der Waals surface area contributed by atoms with Gasteiger partial charge < -0.3 is 10.2 Å². The summed E-state index contributed by atoms with van der Waals surface area (Å²) in [6.07, 6.45) is 5.14. The van der Waals surface area contributed by atoms with E-state index in [1.807, 2.05) is 55.1 Å². The molecule has 31 heavy (non-hydrogen) atoms. The molecule has 0 spiro atoms. The maximum Gasteiger partial charge on any atom is 0.222 e. The first-order chi connectivity index (χ1) is 15.1. The molecule has 0 radical (unpaired) electrons. The third-order valence-electron chi connectivity index (χ3n) is 5.69. The van der Waals surface area contributed by atoms with Gasteiger partial charge in [-0.05, 0) is 56.4 Å². The van der Waals surface area contributed by atoms with Crippen LogP contribution in [0.5, 0.6) is 0 Å². The highest BCUT2D eigenvalue weighted by Gasteiger charge is 2.26. The third kappa shape index (κ3) is 5.66. The zero-order chi connectivity index (χ0) is 21.6. The quantitative estimate of drug-likeness (QED) is 0.638. The highest BCUT2D eigenvalue weighted by Crippen LogP contribution is 2.28. The Morgan fingerprint density at radius 3 is 2.74 bits per heavy atom.